The molecule has 0 aliphatic carbocycles. The first-order chi connectivity index (χ1) is 14.2. The first kappa shape index (κ1) is 19.5. The number of hydrogen-bond donors (Lipinski definition) is 1. The number of aryl methyl sites for hydroxylation is 2. The van der Waals surface area contributed by atoms with Crippen molar-refractivity contribution < 1.29 is 18.0 Å². The Kier molecular flexibility index (Phi) is 4.69. The Morgan fingerprint density at radius 1 is 1.07 bits per heavy atom. The number of pyridine rings is 1. The van der Waals surface area contributed by atoms with E-state index in [2.05, 4.69) is 25.3 Å². The second-order valence-corrected chi connectivity index (χ2v) is 6.61. The monoisotopic (exact) mass is 412 g/mol. The van der Waals surface area contributed by atoms with Gasteiger partial charge in [-0.1, -0.05) is 6.07 Å². The Morgan fingerprint density at radius 2 is 1.87 bits per heavy atom. The molecule has 0 aliphatic heterocycles. The van der Waals surface area contributed by atoms with Crippen molar-refractivity contribution in [1.29, 1.82) is 0 Å². The van der Waals surface area contributed by atoms with Crippen LogP contribution in [0, 0.1) is 13.8 Å². The molecule has 1 amide bonds. The molecule has 1 N–H and O–H groups in total. The molecule has 30 heavy (non-hydrogen) atoms. The lowest BCUT2D eigenvalue weighted by Gasteiger charge is -2.11. The van der Waals surface area contributed by atoms with Crippen molar-refractivity contribution in [2.75, 3.05) is 5.32 Å². The smallest absolute Gasteiger partial charge is 0.305 e. The second-order valence-electron chi connectivity index (χ2n) is 6.61. The lowest BCUT2D eigenvalue weighted by Crippen LogP contribution is -2.17. The van der Waals surface area contributed by atoms with Crippen LogP contribution in [0.25, 0.3) is 16.9 Å². The third-order valence-electron chi connectivity index (χ3n) is 4.42. The van der Waals surface area contributed by atoms with Crippen molar-refractivity contribution in [3.63, 3.8) is 0 Å². The number of halogens is 3. The van der Waals surface area contributed by atoms with Crippen molar-refractivity contribution in [1.82, 2.24) is 24.5 Å². The van der Waals surface area contributed by atoms with Crippen molar-refractivity contribution in [3.8, 4) is 5.82 Å². The van der Waals surface area contributed by atoms with E-state index < -0.39 is 17.9 Å². The number of aromatic nitrogens is 5. The number of anilines is 1. The summed E-state index contributed by atoms with van der Waals surface area (Å²) < 4.78 is 41.6. The summed E-state index contributed by atoms with van der Waals surface area (Å²) in [5.74, 6) is -1.51. The van der Waals surface area contributed by atoms with Crippen molar-refractivity contribution in [2.45, 2.75) is 20.0 Å². The number of imidazole rings is 1. The zero-order valence-corrected chi connectivity index (χ0v) is 15.9. The molecule has 1 aromatic carbocycles. The average Bonchev–Trinajstić information content (AvgIpc) is 3.08. The molecular weight excluding hydrogens is 397 g/mol. The molecule has 3 aromatic heterocycles. The summed E-state index contributed by atoms with van der Waals surface area (Å²) in [4.78, 5) is 28.3. The summed E-state index contributed by atoms with van der Waals surface area (Å²) in [6, 6.07) is 8.05. The van der Waals surface area contributed by atoms with Crippen molar-refractivity contribution in [2.24, 2.45) is 0 Å². The first-order valence-electron chi connectivity index (χ1n) is 8.86. The van der Waals surface area contributed by atoms with Gasteiger partial charge in [-0.2, -0.15) is 13.2 Å². The number of alkyl halides is 3. The first-order valence-corrected chi connectivity index (χ1v) is 8.86. The molecule has 3 heterocycles. The van der Waals surface area contributed by atoms with Crippen molar-refractivity contribution in [3.05, 3.63) is 71.6 Å². The highest BCUT2D eigenvalue weighted by atomic mass is 19.4. The molecule has 0 saturated heterocycles. The molecule has 0 unspecified atom stereocenters. The van der Waals surface area contributed by atoms with E-state index in [0.29, 0.717) is 11.3 Å². The predicted octanol–water partition coefficient (Wildman–Crippen LogP) is 4.10. The molecule has 152 valence electrons. The number of carbonyl (C=O) groups is 1. The van der Waals surface area contributed by atoms with Gasteiger partial charge < -0.3 is 5.32 Å². The lowest BCUT2D eigenvalue weighted by atomic mass is 10.2. The van der Waals surface area contributed by atoms with E-state index in [-0.39, 0.29) is 22.7 Å². The van der Waals surface area contributed by atoms with Crippen LogP contribution in [-0.4, -0.2) is 30.4 Å². The minimum Gasteiger partial charge on any atom is -0.305 e. The van der Waals surface area contributed by atoms with Gasteiger partial charge in [-0.3, -0.25) is 14.3 Å². The fraction of sp³-hybridized carbons (Fsp3) is 0.150. The topological polar surface area (TPSA) is 85.6 Å². The van der Waals surface area contributed by atoms with Gasteiger partial charge in [0.25, 0.3) is 5.91 Å². The number of carbonyl (C=O) groups excluding carboxylic acids is 1. The number of benzene rings is 1. The maximum Gasteiger partial charge on any atom is 0.450 e. The minimum absolute atomic E-state index is 0.0655. The fourth-order valence-electron chi connectivity index (χ4n) is 3.02. The van der Waals surface area contributed by atoms with Crippen LogP contribution >= 0.6 is 0 Å². The highest BCUT2D eigenvalue weighted by molar-refractivity contribution is 6.04. The highest BCUT2D eigenvalue weighted by Crippen LogP contribution is 2.33. The summed E-state index contributed by atoms with van der Waals surface area (Å²) >= 11 is 0. The van der Waals surface area contributed by atoms with Gasteiger partial charge in [-0.15, -0.1) is 0 Å². The second kappa shape index (κ2) is 7.21. The minimum atomic E-state index is -4.68. The van der Waals surface area contributed by atoms with Gasteiger partial charge in [0.15, 0.2) is 11.6 Å². The maximum atomic E-state index is 13.6. The summed E-state index contributed by atoms with van der Waals surface area (Å²) in [7, 11) is 0. The van der Waals surface area contributed by atoms with E-state index in [9.17, 15) is 18.0 Å². The summed E-state index contributed by atoms with van der Waals surface area (Å²) in [6.45, 7) is 3.46. The molecule has 0 bridgehead atoms. The van der Waals surface area contributed by atoms with E-state index >= 15 is 0 Å². The molecule has 10 heteroatoms. The number of nitrogens with zero attached hydrogens (tertiary/aromatic N) is 5. The Hall–Kier alpha value is -3.82. The third kappa shape index (κ3) is 3.59. The van der Waals surface area contributed by atoms with Gasteiger partial charge in [-0.05, 0) is 43.7 Å². The van der Waals surface area contributed by atoms with E-state index in [4.69, 9.17) is 0 Å². The molecule has 0 spiro atoms. The normalized spacial score (nSPS) is 11.6. The quantitative estimate of drug-likeness (QED) is 0.548. The number of hydrogen-bond acceptors (Lipinski definition) is 5. The van der Waals surface area contributed by atoms with Gasteiger partial charge >= 0.3 is 6.18 Å². The van der Waals surface area contributed by atoms with Gasteiger partial charge in [-0.25, -0.2) is 15.0 Å². The highest BCUT2D eigenvalue weighted by Gasteiger charge is 2.38. The molecule has 4 aromatic rings. The van der Waals surface area contributed by atoms with E-state index in [0.717, 1.165) is 16.3 Å². The van der Waals surface area contributed by atoms with Crippen LogP contribution in [0.2, 0.25) is 0 Å². The third-order valence-corrected chi connectivity index (χ3v) is 4.42. The van der Waals surface area contributed by atoms with E-state index in [1.54, 1.807) is 50.4 Å². The zero-order valence-electron chi connectivity index (χ0n) is 15.9. The van der Waals surface area contributed by atoms with Gasteiger partial charge in [0, 0.05) is 11.9 Å². The summed E-state index contributed by atoms with van der Waals surface area (Å²) in [6.07, 6.45) is -0.768. The summed E-state index contributed by atoms with van der Waals surface area (Å²) in [5.41, 5.74) is 2.14. The standard InChI is InChI=1S/C20H15F3N6O/c1-11-5-6-15-14(8-11)27-19(20(21,22)23)29(15)17-10-25-16(9-26-17)28-18(30)13-4-3-7-24-12(13)2/h3-10H,1-2H3,(H,25,28,30). The number of fused-ring (bicyclic) bond motifs is 1. The Balaban J connectivity index is 1.70. The lowest BCUT2D eigenvalue weighted by molar-refractivity contribution is -0.145. The number of nitrogens with one attached hydrogen (secondary N) is 1. The molecule has 0 atom stereocenters. The number of rotatable bonds is 3. The van der Waals surface area contributed by atoms with E-state index in [1.807, 2.05) is 0 Å². The summed E-state index contributed by atoms with van der Waals surface area (Å²) in [5, 5.41) is 2.56. The fourth-order valence-corrected chi connectivity index (χ4v) is 3.02. The molecule has 0 aliphatic rings. The van der Waals surface area contributed by atoms with Crippen LogP contribution in [-0.2, 0) is 6.18 Å². The Morgan fingerprint density at radius 3 is 2.53 bits per heavy atom. The number of amides is 1. The maximum absolute atomic E-state index is 13.6. The largest absolute Gasteiger partial charge is 0.450 e. The van der Waals surface area contributed by atoms with Gasteiger partial charge in [0.05, 0.1) is 29.0 Å². The van der Waals surface area contributed by atoms with Crippen molar-refractivity contribution >= 4 is 22.8 Å². The zero-order chi connectivity index (χ0) is 21.5. The molecule has 4 rings (SSSR count). The van der Waals surface area contributed by atoms with Gasteiger partial charge in [0.1, 0.15) is 0 Å². The SMILES string of the molecule is Cc1ccc2c(c1)nc(C(F)(F)F)n2-c1cnc(NC(=O)c2cccnc2C)cn1. The molecular formula is C20H15F3N6O. The van der Waals surface area contributed by atoms with Crippen LogP contribution in [0.4, 0.5) is 19.0 Å². The van der Waals surface area contributed by atoms with E-state index in [1.165, 1.54) is 6.20 Å². The van der Waals surface area contributed by atoms with Gasteiger partial charge in [0.2, 0.25) is 5.82 Å². The van der Waals surface area contributed by atoms with Crippen LogP contribution in [0.1, 0.15) is 27.4 Å². The Bertz CT molecular complexity index is 1250. The van der Waals surface area contributed by atoms with Crippen LogP contribution < -0.4 is 5.32 Å². The molecule has 0 saturated carbocycles. The Labute approximate surface area is 168 Å². The average molecular weight is 412 g/mol. The van der Waals surface area contributed by atoms with Crippen LogP contribution in [0.15, 0.2) is 48.9 Å². The predicted molar refractivity (Wildman–Crippen MR) is 103 cm³/mol. The molecule has 7 nitrogen and oxygen atoms in total. The molecule has 0 radical (unpaired) electrons. The van der Waals surface area contributed by atoms with Crippen LogP contribution in [0.3, 0.4) is 0 Å². The van der Waals surface area contributed by atoms with Crippen LogP contribution in [0.5, 0.6) is 0 Å². The molecule has 0 fully saturated rings.